The fourth-order valence-electron chi connectivity index (χ4n) is 2.50. The Bertz CT molecular complexity index is 895. The zero-order chi connectivity index (χ0) is 17.8. The Hall–Kier alpha value is -2.67. The lowest BCUT2D eigenvalue weighted by atomic mass is 10.0. The van der Waals surface area contributed by atoms with Crippen molar-refractivity contribution < 1.29 is 9.21 Å². The molecule has 1 amide bonds. The second-order valence-electron chi connectivity index (χ2n) is 5.75. The van der Waals surface area contributed by atoms with Crippen LogP contribution in [0.25, 0.3) is 10.8 Å². The van der Waals surface area contributed by atoms with Crippen LogP contribution in [0.3, 0.4) is 0 Å². The number of rotatable bonds is 6. The normalized spacial score (nSPS) is 12.1. The SMILES string of the molecule is CCC(NC(=O)Cn1nc(-c2cccs2)oc1=O)c1ccc(C)cc1. The van der Waals surface area contributed by atoms with Crippen LogP contribution in [0.4, 0.5) is 0 Å². The lowest BCUT2D eigenvalue weighted by Gasteiger charge is -2.17. The van der Waals surface area contributed by atoms with E-state index in [9.17, 15) is 9.59 Å². The summed E-state index contributed by atoms with van der Waals surface area (Å²) >= 11 is 1.42. The van der Waals surface area contributed by atoms with Gasteiger partial charge in [0.25, 0.3) is 5.89 Å². The highest BCUT2D eigenvalue weighted by molar-refractivity contribution is 7.13. The summed E-state index contributed by atoms with van der Waals surface area (Å²) in [6, 6.07) is 11.6. The van der Waals surface area contributed by atoms with Crippen molar-refractivity contribution in [1.29, 1.82) is 0 Å². The topological polar surface area (TPSA) is 77.1 Å². The summed E-state index contributed by atoms with van der Waals surface area (Å²) in [4.78, 5) is 25.0. The smallest absolute Gasteiger partial charge is 0.387 e. The van der Waals surface area contributed by atoms with E-state index >= 15 is 0 Å². The molecular weight excluding hydrogens is 338 g/mol. The van der Waals surface area contributed by atoms with Gasteiger partial charge in [-0.25, -0.2) is 4.79 Å². The maximum absolute atomic E-state index is 12.3. The first-order valence-electron chi connectivity index (χ1n) is 8.04. The van der Waals surface area contributed by atoms with Crippen molar-refractivity contribution in [1.82, 2.24) is 15.1 Å². The van der Waals surface area contributed by atoms with Crippen LogP contribution in [-0.4, -0.2) is 15.7 Å². The van der Waals surface area contributed by atoms with Gasteiger partial charge in [0.2, 0.25) is 5.91 Å². The van der Waals surface area contributed by atoms with Crippen LogP contribution in [0, 0.1) is 6.92 Å². The van der Waals surface area contributed by atoms with Gasteiger partial charge in [0.15, 0.2) is 0 Å². The predicted molar refractivity (Wildman–Crippen MR) is 96.4 cm³/mol. The van der Waals surface area contributed by atoms with Gasteiger partial charge in [0.05, 0.1) is 10.9 Å². The van der Waals surface area contributed by atoms with Gasteiger partial charge in [-0.15, -0.1) is 16.4 Å². The molecule has 130 valence electrons. The highest BCUT2D eigenvalue weighted by Gasteiger charge is 2.17. The molecule has 2 heterocycles. The fraction of sp³-hybridized carbons (Fsp3) is 0.278. The minimum absolute atomic E-state index is 0.104. The number of aromatic nitrogens is 2. The largest absolute Gasteiger partial charge is 0.437 e. The maximum Gasteiger partial charge on any atom is 0.437 e. The standard InChI is InChI=1S/C18H19N3O3S/c1-3-14(13-8-6-12(2)7-9-13)19-16(22)11-21-18(23)24-17(20-21)15-5-4-10-25-15/h4-10,14H,3,11H2,1-2H3,(H,19,22). The molecule has 0 saturated carbocycles. The molecule has 1 aromatic carbocycles. The van der Waals surface area contributed by atoms with E-state index in [1.54, 1.807) is 0 Å². The van der Waals surface area contributed by atoms with Crippen molar-refractivity contribution in [3.8, 4) is 10.8 Å². The summed E-state index contributed by atoms with van der Waals surface area (Å²) in [5.41, 5.74) is 2.20. The number of amides is 1. The summed E-state index contributed by atoms with van der Waals surface area (Å²) < 4.78 is 6.16. The number of nitrogens with one attached hydrogen (secondary N) is 1. The first kappa shape index (κ1) is 17.2. The number of thiophene rings is 1. The van der Waals surface area contributed by atoms with Crippen LogP contribution >= 0.6 is 11.3 Å². The molecule has 25 heavy (non-hydrogen) atoms. The summed E-state index contributed by atoms with van der Waals surface area (Å²) in [6.07, 6.45) is 0.753. The van der Waals surface area contributed by atoms with Gasteiger partial charge in [-0.1, -0.05) is 42.8 Å². The second-order valence-corrected chi connectivity index (χ2v) is 6.69. The molecule has 0 radical (unpaired) electrons. The first-order chi connectivity index (χ1) is 12.1. The Morgan fingerprint density at radius 3 is 2.72 bits per heavy atom. The molecule has 0 fully saturated rings. The van der Waals surface area contributed by atoms with Crippen molar-refractivity contribution in [2.45, 2.75) is 32.9 Å². The fourth-order valence-corrected chi connectivity index (χ4v) is 3.15. The quantitative estimate of drug-likeness (QED) is 0.735. The third-order valence-corrected chi connectivity index (χ3v) is 4.71. The Labute approximate surface area is 149 Å². The molecule has 0 aliphatic rings. The zero-order valence-electron chi connectivity index (χ0n) is 14.1. The Kier molecular flexibility index (Phi) is 5.14. The van der Waals surface area contributed by atoms with E-state index in [0.717, 1.165) is 21.5 Å². The minimum atomic E-state index is -0.637. The van der Waals surface area contributed by atoms with E-state index in [1.165, 1.54) is 16.9 Å². The number of hydrogen-bond donors (Lipinski definition) is 1. The first-order valence-corrected chi connectivity index (χ1v) is 8.92. The summed E-state index contributed by atoms with van der Waals surface area (Å²) in [7, 11) is 0. The number of nitrogens with zero attached hydrogens (tertiary/aromatic N) is 2. The van der Waals surface area contributed by atoms with Crippen molar-refractivity contribution >= 4 is 17.2 Å². The van der Waals surface area contributed by atoms with Gasteiger partial charge in [0.1, 0.15) is 6.54 Å². The van der Waals surface area contributed by atoms with E-state index in [4.69, 9.17) is 4.42 Å². The second kappa shape index (κ2) is 7.48. The van der Waals surface area contributed by atoms with E-state index in [0.29, 0.717) is 0 Å². The number of hydrogen-bond acceptors (Lipinski definition) is 5. The highest BCUT2D eigenvalue weighted by Crippen LogP contribution is 2.21. The average molecular weight is 357 g/mol. The lowest BCUT2D eigenvalue weighted by Crippen LogP contribution is -2.34. The van der Waals surface area contributed by atoms with Crippen molar-refractivity contribution in [2.24, 2.45) is 0 Å². The van der Waals surface area contributed by atoms with Crippen molar-refractivity contribution in [2.75, 3.05) is 0 Å². The molecule has 1 unspecified atom stereocenters. The Balaban J connectivity index is 1.69. The molecule has 2 aromatic heterocycles. The van der Waals surface area contributed by atoms with Crippen LogP contribution in [0.1, 0.15) is 30.5 Å². The van der Waals surface area contributed by atoms with Crippen LogP contribution in [0.5, 0.6) is 0 Å². The van der Waals surface area contributed by atoms with Crippen LogP contribution in [0.15, 0.2) is 51.0 Å². The van der Waals surface area contributed by atoms with Gasteiger partial charge >= 0.3 is 5.76 Å². The van der Waals surface area contributed by atoms with Crippen molar-refractivity contribution in [3.63, 3.8) is 0 Å². The average Bonchev–Trinajstić information content (AvgIpc) is 3.24. The van der Waals surface area contributed by atoms with Crippen LogP contribution < -0.4 is 11.1 Å². The molecule has 0 saturated heterocycles. The molecule has 3 rings (SSSR count). The predicted octanol–water partition coefficient (Wildman–Crippen LogP) is 3.14. The molecule has 6 nitrogen and oxygen atoms in total. The molecule has 0 aliphatic heterocycles. The summed E-state index contributed by atoms with van der Waals surface area (Å²) in [6.45, 7) is 3.85. The van der Waals surface area contributed by atoms with Gasteiger partial charge in [-0.05, 0) is 30.4 Å². The zero-order valence-corrected chi connectivity index (χ0v) is 14.9. The third kappa shape index (κ3) is 4.06. The lowest BCUT2D eigenvalue weighted by molar-refractivity contribution is -0.122. The van der Waals surface area contributed by atoms with Gasteiger partial charge in [-0.2, -0.15) is 4.68 Å². The molecule has 3 aromatic rings. The third-order valence-electron chi connectivity index (χ3n) is 3.85. The molecule has 1 N–H and O–H groups in total. The monoisotopic (exact) mass is 357 g/mol. The van der Waals surface area contributed by atoms with Crippen LogP contribution in [-0.2, 0) is 11.3 Å². The van der Waals surface area contributed by atoms with Gasteiger partial charge in [-0.3, -0.25) is 4.79 Å². The minimum Gasteiger partial charge on any atom is -0.387 e. The molecule has 0 aliphatic carbocycles. The molecule has 0 bridgehead atoms. The van der Waals surface area contributed by atoms with Crippen molar-refractivity contribution in [3.05, 3.63) is 63.5 Å². The Morgan fingerprint density at radius 2 is 2.08 bits per heavy atom. The van der Waals surface area contributed by atoms with E-state index in [2.05, 4.69) is 10.4 Å². The summed E-state index contributed by atoms with van der Waals surface area (Å²) in [5, 5.41) is 8.91. The number of carbonyl (C=O) groups is 1. The Morgan fingerprint density at radius 1 is 1.32 bits per heavy atom. The summed E-state index contributed by atoms with van der Waals surface area (Å²) in [5.74, 6) is -0.680. The van der Waals surface area contributed by atoms with E-state index in [-0.39, 0.29) is 24.4 Å². The van der Waals surface area contributed by atoms with Crippen LogP contribution in [0.2, 0.25) is 0 Å². The number of benzene rings is 1. The van der Waals surface area contributed by atoms with Gasteiger partial charge < -0.3 is 9.73 Å². The number of carbonyl (C=O) groups excluding carboxylic acids is 1. The molecule has 7 heteroatoms. The maximum atomic E-state index is 12.3. The highest BCUT2D eigenvalue weighted by atomic mass is 32.1. The van der Waals surface area contributed by atoms with E-state index in [1.807, 2.05) is 55.6 Å². The molecule has 1 atom stereocenters. The molecule has 0 spiro atoms. The molecular formula is C18H19N3O3S. The van der Waals surface area contributed by atoms with Gasteiger partial charge in [0, 0.05) is 0 Å². The van der Waals surface area contributed by atoms with E-state index < -0.39 is 5.76 Å². The number of aryl methyl sites for hydroxylation is 1.